The number of rotatable bonds is 8. The van der Waals surface area contributed by atoms with Crippen molar-refractivity contribution in [2.75, 3.05) is 35.6 Å². The quantitative estimate of drug-likeness (QED) is 0.628. The summed E-state index contributed by atoms with van der Waals surface area (Å²) in [5.41, 5.74) is 2.79. The van der Waals surface area contributed by atoms with E-state index in [-0.39, 0.29) is 11.9 Å². The second-order valence-corrected chi connectivity index (χ2v) is 11.0. The number of nitrogens with zero attached hydrogens (tertiary/aromatic N) is 2. The first kappa shape index (κ1) is 24.9. The van der Waals surface area contributed by atoms with Crippen molar-refractivity contribution in [2.45, 2.75) is 45.8 Å². The van der Waals surface area contributed by atoms with Gasteiger partial charge in [0.25, 0.3) is 5.91 Å². The van der Waals surface area contributed by atoms with Crippen LogP contribution in [0.2, 0.25) is 0 Å². The zero-order valence-corrected chi connectivity index (χ0v) is 20.9. The van der Waals surface area contributed by atoms with Crippen LogP contribution in [-0.2, 0) is 14.8 Å². The van der Waals surface area contributed by atoms with Crippen LogP contribution >= 0.6 is 0 Å². The Labute approximate surface area is 197 Å². The van der Waals surface area contributed by atoms with Gasteiger partial charge in [0, 0.05) is 25.8 Å². The van der Waals surface area contributed by atoms with Crippen molar-refractivity contribution in [2.24, 2.45) is 5.92 Å². The van der Waals surface area contributed by atoms with Gasteiger partial charge in [0.2, 0.25) is 10.0 Å². The molecule has 7 nitrogen and oxygen atoms in total. The molecule has 180 valence electrons. The number of nitrogens with one attached hydrogen (secondary N) is 1. The van der Waals surface area contributed by atoms with Crippen LogP contribution in [0.4, 0.5) is 11.4 Å². The number of carbonyl (C=O) groups is 1. The van der Waals surface area contributed by atoms with Gasteiger partial charge < -0.3 is 15.0 Å². The van der Waals surface area contributed by atoms with Crippen LogP contribution in [-0.4, -0.2) is 46.8 Å². The van der Waals surface area contributed by atoms with Crippen molar-refractivity contribution >= 4 is 27.3 Å². The van der Waals surface area contributed by atoms with E-state index in [0.29, 0.717) is 11.4 Å². The highest BCUT2D eigenvalue weighted by atomic mass is 32.2. The van der Waals surface area contributed by atoms with Crippen LogP contribution in [0.3, 0.4) is 0 Å². The van der Waals surface area contributed by atoms with E-state index >= 15 is 0 Å². The molecule has 33 heavy (non-hydrogen) atoms. The summed E-state index contributed by atoms with van der Waals surface area (Å²) >= 11 is 0. The molecule has 3 rings (SSSR count). The van der Waals surface area contributed by atoms with Gasteiger partial charge in [-0.3, -0.25) is 9.10 Å². The molecule has 0 radical (unpaired) electrons. The Kier molecular flexibility index (Phi) is 7.89. The summed E-state index contributed by atoms with van der Waals surface area (Å²) in [6.45, 7) is 8.13. The maximum atomic E-state index is 12.7. The van der Waals surface area contributed by atoms with Crippen molar-refractivity contribution in [1.82, 2.24) is 5.32 Å². The molecule has 0 saturated carbocycles. The smallest absolute Gasteiger partial charge is 0.261 e. The van der Waals surface area contributed by atoms with Gasteiger partial charge in [-0.15, -0.1) is 0 Å². The average Bonchev–Trinajstić information content (AvgIpc) is 2.78. The molecule has 1 aliphatic heterocycles. The predicted octanol–water partition coefficient (Wildman–Crippen LogP) is 3.96. The van der Waals surface area contributed by atoms with E-state index in [9.17, 15) is 13.2 Å². The maximum absolute atomic E-state index is 12.7. The van der Waals surface area contributed by atoms with Crippen molar-refractivity contribution in [3.05, 3.63) is 54.1 Å². The van der Waals surface area contributed by atoms with Gasteiger partial charge in [0.1, 0.15) is 5.75 Å². The van der Waals surface area contributed by atoms with Crippen LogP contribution in [0.5, 0.6) is 5.75 Å². The molecule has 0 aliphatic carbocycles. The lowest BCUT2D eigenvalue weighted by Gasteiger charge is -2.33. The molecule has 0 spiro atoms. The number of ether oxygens (including phenoxy) is 1. The van der Waals surface area contributed by atoms with Crippen LogP contribution in [0.15, 0.2) is 48.5 Å². The molecule has 1 amide bonds. The molecule has 0 aromatic heterocycles. The summed E-state index contributed by atoms with van der Waals surface area (Å²) in [7, 11) is -1.84. The van der Waals surface area contributed by atoms with Crippen LogP contribution < -0.4 is 19.3 Å². The van der Waals surface area contributed by atoms with Crippen LogP contribution in [0.25, 0.3) is 0 Å². The summed E-state index contributed by atoms with van der Waals surface area (Å²) in [5.74, 6) is 1.000. The zero-order chi connectivity index (χ0) is 24.2. The van der Waals surface area contributed by atoms with Gasteiger partial charge >= 0.3 is 0 Å². The van der Waals surface area contributed by atoms with Crippen molar-refractivity contribution in [3.8, 4) is 5.75 Å². The number of hydrogen-bond acceptors (Lipinski definition) is 5. The van der Waals surface area contributed by atoms with E-state index in [1.807, 2.05) is 6.92 Å². The maximum Gasteiger partial charge on any atom is 0.261 e. The van der Waals surface area contributed by atoms with E-state index in [2.05, 4.69) is 41.4 Å². The minimum Gasteiger partial charge on any atom is -0.481 e. The zero-order valence-electron chi connectivity index (χ0n) is 20.1. The number of anilines is 2. The summed E-state index contributed by atoms with van der Waals surface area (Å²) in [6, 6.07) is 14.9. The first-order chi connectivity index (χ1) is 15.5. The fourth-order valence-corrected chi connectivity index (χ4v) is 4.50. The molecule has 1 saturated heterocycles. The number of piperidine rings is 1. The number of sulfonamides is 1. The van der Waals surface area contributed by atoms with E-state index < -0.39 is 16.1 Å². The normalized spacial score (nSPS) is 18.3. The highest BCUT2D eigenvalue weighted by Gasteiger charge is 2.20. The number of hydrogen-bond donors (Lipinski definition) is 1. The third kappa shape index (κ3) is 6.63. The Morgan fingerprint density at radius 1 is 1.12 bits per heavy atom. The highest BCUT2D eigenvalue weighted by molar-refractivity contribution is 7.92. The number of carbonyl (C=O) groups excluding carboxylic acids is 1. The van der Waals surface area contributed by atoms with E-state index in [1.165, 1.54) is 29.9 Å². The van der Waals surface area contributed by atoms with Gasteiger partial charge in [-0.2, -0.15) is 0 Å². The third-order valence-electron chi connectivity index (χ3n) is 6.15. The molecule has 0 bridgehead atoms. The van der Waals surface area contributed by atoms with Gasteiger partial charge in [-0.25, -0.2) is 8.42 Å². The SMILES string of the molecule is CC1CCCN(c2ccc(C(C)NC(=O)C(C)Oc3ccc(N(C)S(C)(=O)=O)cc3)cc2)C1. The standard InChI is InChI=1S/C25H35N3O4S/c1-18-7-6-16-28(17-18)23-10-8-21(9-11-23)19(2)26-25(29)20(3)32-24-14-12-22(13-15-24)27(4)33(5,30)31/h8-15,18-20H,6-7,16-17H2,1-5H3,(H,26,29). The molecule has 1 fully saturated rings. The molecule has 1 aliphatic rings. The predicted molar refractivity (Wildman–Crippen MR) is 133 cm³/mol. The molecular formula is C25H35N3O4S. The number of benzene rings is 2. The van der Waals surface area contributed by atoms with Crippen molar-refractivity contribution in [1.29, 1.82) is 0 Å². The fourth-order valence-electron chi connectivity index (χ4n) is 4.00. The van der Waals surface area contributed by atoms with E-state index in [0.717, 1.165) is 30.8 Å². The lowest BCUT2D eigenvalue weighted by atomic mass is 9.99. The van der Waals surface area contributed by atoms with Crippen molar-refractivity contribution in [3.63, 3.8) is 0 Å². The summed E-state index contributed by atoms with van der Waals surface area (Å²) in [5, 5.41) is 3.01. The molecule has 3 atom stereocenters. The molecule has 8 heteroatoms. The van der Waals surface area contributed by atoms with Crippen LogP contribution in [0.1, 0.15) is 45.2 Å². The molecule has 1 heterocycles. The number of amides is 1. The van der Waals surface area contributed by atoms with Gasteiger partial charge in [-0.1, -0.05) is 19.1 Å². The van der Waals surface area contributed by atoms with E-state index in [1.54, 1.807) is 31.2 Å². The topological polar surface area (TPSA) is 79.0 Å². The Balaban J connectivity index is 1.54. The Morgan fingerprint density at radius 3 is 2.33 bits per heavy atom. The molecular weight excluding hydrogens is 438 g/mol. The Hall–Kier alpha value is -2.74. The minimum atomic E-state index is -3.33. The van der Waals surface area contributed by atoms with E-state index in [4.69, 9.17) is 4.74 Å². The Bertz CT molecular complexity index is 1040. The first-order valence-electron chi connectivity index (χ1n) is 11.4. The minimum absolute atomic E-state index is 0.149. The van der Waals surface area contributed by atoms with Crippen LogP contribution in [0, 0.1) is 5.92 Å². The fraction of sp³-hybridized carbons (Fsp3) is 0.480. The van der Waals surface area contributed by atoms with Crippen molar-refractivity contribution < 1.29 is 17.9 Å². The third-order valence-corrected chi connectivity index (χ3v) is 7.36. The second kappa shape index (κ2) is 10.5. The Morgan fingerprint density at radius 2 is 1.76 bits per heavy atom. The monoisotopic (exact) mass is 473 g/mol. The second-order valence-electron chi connectivity index (χ2n) is 9.00. The van der Waals surface area contributed by atoms with Gasteiger partial charge in [0.15, 0.2) is 6.10 Å². The summed E-state index contributed by atoms with van der Waals surface area (Å²) in [4.78, 5) is 15.1. The molecule has 3 unspecified atom stereocenters. The molecule has 1 N–H and O–H groups in total. The molecule has 2 aromatic rings. The lowest BCUT2D eigenvalue weighted by Crippen LogP contribution is -2.37. The lowest BCUT2D eigenvalue weighted by molar-refractivity contribution is -0.127. The summed E-state index contributed by atoms with van der Waals surface area (Å²) < 4.78 is 30.3. The largest absolute Gasteiger partial charge is 0.481 e. The van der Waals surface area contributed by atoms with Gasteiger partial charge in [0.05, 0.1) is 18.0 Å². The average molecular weight is 474 g/mol. The summed E-state index contributed by atoms with van der Waals surface area (Å²) in [6.07, 6.45) is 2.97. The molecule has 2 aromatic carbocycles. The van der Waals surface area contributed by atoms with Gasteiger partial charge in [-0.05, 0) is 74.6 Å². The highest BCUT2D eigenvalue weighted by Crippen LogP contribution is 2.25. The first-order valence-corrected chi connectivity index (χ1v) is 13.3.